The molecule has 0 fully saturated rings. The van der Waals surface area contributed by atoms with Gasteiger partial charge in [0.05, 0.1) is 25.3 Å². The number of benzene rings is 1. The van der Waals surface area contributed by atoms with Crippen molar-refractivity contribution in [3.63, 3.8) is 0 Å². The number of rotatable bonds is 6. The van der Waals surface area contributed by atoms with Gasteiger partial charge >= 0.3 is 0 Å². The zero-order valence-electron chi connectivity index (χ0n) is 14.1. The number of amides is 1. The maximum absolute atomic E-state index is 12.3. The molecule has 7 nitrogen and oxygen atoms in total. The second-order valence-corrected chi connectivity index (χ2v) is 5.93. The first-order valence-electron chi connectivity index (χ1n) is 8.24. The van der Waals surface area contributed by atoms with E-state index < -0.39 is 0 Å². The van der Waals surface area contributed by atoms with Crippen LogP contribution in [0.2, 0.25) is 0 Å². The average molecular weight is 329 g/mol. The van der Waals surface area contributed by atoms with Crippen molar-refractivity contribution in [2.24, 2.45) is 0 Å². The van der Waals surface area contributed by atoms with Gasteiger partial charge in [-0.15, -0.1) is 0 Å². The van der Waals surface area contributed by atoms with Crippen LogP contribution >= 0.6 is 0 Å². The van der Waals surface area contributed by atoms with Crippen LogP contribution in [0.25, 0.3) is 0 Å². The molecule has 0 spiro atoms. The fourth-order valence-electron chi connectivity index (χ4n) is 2.93. The lowest BCUT2D eigenvalue weighted by molar-refractivity contribution is -0.131. The van der Waals surface area contributed by atoms with Crippen LogP contribution in [0.15, 0.2) is 36.9 Å². The normalized spacial score (nSPS) is 16.4. The fourth-order valence-corrected chi connectivity index (χ4v) is 2.93. The number of hydrogen-bond donors (Lipinski definition) is 0. The summed E-state index contributed by atoms with van der Waals surface area (Å²) < 4.78 is 7.74. The molecule has 0 saturated heterocycles. The van der Waals surface area contributed by atoms with E-state index in [-0.39, 0.29) is 12.0 Å². The summed E-state index contributed by atoms with van der Waals surface area (Å²) in [7, 11) is 1.82. The van der Waals surface area contributed by atoms with Crippen LogP contribution in [-0.2, 0) is 11.3 Å². The number of para-hydroxylation sites is 2. The van der Waals surface area contributed by atoms with E-state index >= 15 is 0 Å². The van der Waals surface area contributed by atoms with Gasteiger partial charge in [0.1, 0.15) is 24.5 Å². The molecule has 1 amide bonds. The quantitative estimate of drug-likeness (QED) is 0.802. The van der Waals surface area contributed by atoms with Crippen LogP contribution in [0.4, 0.5) is 5.69 Å². The predicted molar refractivity (Wildman–Crippen MR) is 91.0 cm³/mol. The maximum atomic E-state index is 12.3. The molecule has 7 heteroatoms. The summed E-state index contributed by atoms with van der Waals surface area (Å²) in [6.45, 7) is 4.95. The van der Waals surface area contributed by atoms with E-state index in [4.69, 9.17) is 4.74 Å². The molecule has 1 aliphatic rings. The number of hydrogen-bond acceptors (Lipinski definition) is 5. The molecule has 24 heavy (non-hydrogen) atoms. The summed E-state index contributed by atoms with van der Waals surface area (Å²) in [5.74, 6) is 0.968. The monoisotopic (exact) mass is 329 g/mol. The molecule has 2 aromatic rings. The first-order valence-corrected chi connectivity index (χ1v) is 8.24. The topological polar surface area (TPSA) is 63.5 Å². The highest BCUT2D eigenvalue weighted by Crippen LogP contribution is 2.32. The molecule has 0 unspecified atom stereocenters. The molecule has 3 rings (SSSR count). The molecule has 0 radical (unpaired) electrons. The molecular formula is C17H23N5O2. The van der Waals surface area contributed by atoms with E-state index in [1.807, 2.05) is 25.2 Å². The van der Waals surface area contributed by atoms with Crippen LogP contribution in [0, 0.1) is 0 Å². The summed E-state index contributed by atoms with van der Waals surface area (Å²) in [5, 5.41) is 4.01. The van der Waals surface area contributed by atoms with Gasteiger partial charge in [0, 0.05) is 20.0 Å². The summed E-state index contributed by atoms with van der Waals surface area (Å²) in [4.78, 5) is 20.2. The number of likely N-dealkylation sites (N-methyl/N-ethyl adjacent to an activating group) is 2. The molecule has 1 aliphatic heterocycles. The van der Waals surface area contributed by atoms with Crippen molar-refractivity contribution >= 4 is 11.6 Å². The molecule has 1 aromatic carbocycles. The number of carbonyl (C=O) groups excluding carboxylic acids is 1. The highest BCUT2D eigenvalue weighted by molar-refractivity contribution is 5.75. The Kier molecular flexibility index (Phi) is 4.98. The Morgan fingerprint density at radius 2 is 2.25 bits per heavy atom. The lowest BCUT2D eigenvalue weighted by Gasteiger charge is -2.37. The second-order valence-electron chi connectivity index (χ2n) is 5.93. The summed E-state index contributed by atoms with van der Waals surface area (Å²) in [6.07, 6.45) is 3.47. The van der Waals surface area contributed by atoms with Crippen molar-refractivity contribution in [3.8, 4) is 5.75 Å². The van der Waals surface area contributed by atoms with Crippen molar-refractivity contribution < 1.29 is 9.53 Å². The average Bonchev–Trinajstić information content (AvgIpc) is 3.12. The molecule has 0 saturated carbocycles. The standard InChI is InChI=1S/C17H23N5O2/c1-3-21-11-14(24-16-7-5-4-6-15(16)21)10-20(2)17(23)8-9-22-13-18-12-19-22/h4-7,12-14H,3,8-11H2,1-2H3/t14-/m1/s1. The van der Waals surface area contributed by atoms with E-state index in [0.717, 1.165) is 24.5 Å². The molecule has 1 aromatic heterocycles. The van der Waals surface area contributed by atoms with Gasteiger partial charge in [-0.25, -0.2) is 4.98 Å². The van der Waals surface area contributed by atoms with Gasteiger partial charge in [-0.1, -0.05) is 12.1 Å². The van der Waals surface area contributed by atoms with E-state index in [0.29, 0.717) is 19.5 Å². The van der Waals surface area contributed by atoms with Crippen molar-refractivity contribution in [1.29, 1.82) is 0 Å². The molecule has 2 heterocycles. The van der Waals surface area contributed by atoms with Crippen LogP contribution in [0.1, 0.15) is 13.3 Å². The Labute approximate surface area is 141 Å². The number of anilines is 1. The van der Waals surface area contributed by atoms with Crippen LogP contribution in [0.3, 0.4) is 0 Å². The zero-order valence-corrected chi connectivity index (χ0v) is 14.1. The maximum Gasteiger partial charge on any atom is 0.224 e. The SMILES string of the molecule is CCN1C[C@@H](CN(C)C(=O)CCn2cncn2)Oc2ccccc21. The summed E-state index contributed by atoms with van der Waals surface area (Å²) in [6, 6.07) is 8.05. The zero-order chi connectivity index (χ0) is 16.9. The molecule has 0 N–H and O–H groups in total. The van der Waals surface area contributed by atoms with Crippen LogP contribution in [-0.4, -0.2) is 58.4 Å². The van der Waals surface area contributed by atoms with Crippen molar-refractivity contribution in [2.75, 3.05) is 31.6 Å². The Hall–Kier alpha value is -2.57. The Balaban J connectivity index is 1.56. The van der Waals surface area contributed by atoms with Crippen LogP contribution < -0.4 is 9.64 Å². The van der Waals surface area contributed by atoms with E-state index in [2.05, 4.69) is 28.0 Å². The first kappa shape index (κ1) is 16.3. The summed E-state index contributed by atoms with van der Waals surface area (Å²) in [5.41, 5.74) is 1.12. The van der Waals surface area contributed by atoms with Crippen molar-refractivity contribution in [2.45, 2.75) is 26.0 Å². The highest BCUT2D eigenvalue weighted by atomic mass is 16.5. The number of fused-ring (bicyclic) bond motifs is 1. The Morgan fingerprint density at radius 3 is 3.00 bits per heavy atom. The second kappa shape index (κ2) is 7.33. The van der Waals surface area contributed by atoms with E-state index in [9.17, 15) is 4.79 Å². The molecule has 0 bridgehead atoms. The third-order valence-electron chi connectivity index (χ3n) is 4.23. The predicted octanol–water partition coefficient (Wildman–Crippen LogP) is 1.41. The minimum Gasteiger partial charge on any atom is -0.485 e. The van der Waals surface area contributed by atoms with E-state index in [1.165, 1.54) is 6.33 Å². The van der Waals surface area contributed by atoms with Crippen molar-refractivity contribution in [1.82, 2.24) is 19.7 Å². The molecule has 0 aliphatic carbocycles. The largest absolute Gasteiger partial charge is 0.485 e. The first-order chi connectivity index (χ1) is 11.7. The smallest absolute Gasteiger partial charge is 0.224 e. The third kappa shape index (κ3) is 3.67. The van der Waals surface area contributed by atoms with Gasteiger partial charge in [-0.3, -0.25) is 9.48 Å². The number of nitrogens with zero attached hydrogens (tertiary/aromatic N) is 5. The lowest BCUT2D eigenvalue weighted by atomic mass is 10.1. The molecular weight excluding hydrogens is 306 g/mol. The number of ether oxygens (including phenoxy) is 1. The minimum atomic E-state index is -0.0276. The minimum absolute atomic E-state index is 0.0276. The van der Waals surface area contributed by atoms with Gasteiger partial charge < -0.3 is 14.5 Å². The molecule has 128 valence electrons. The van der Waals surface area contributed by atoms with Crippen LogP contribution in [0.5, 0.6) is 5.75 Å². The van der Waals surface area contributed by atoms with E-state index in [1.54, 1.807) is 15.9 Å². The number of aromatic nitrogens is 3. The number of carbonyl (C=O) groups is 1. The molecule has 1 atom stereocenters. The third-order valence-corrected chi connectivity index (χ3v) is 4.23. The van der Waals surface area contributed by atoms with Gasteiger partial charge in [0.25, 0.3) is 0 Å². The van der Waals surface area contributed by atoms with Gasteiger partial charge in [0.15, 0.2) is 0 Å². The fraction of sp³-hybridized carbons (Fsp3) is 0.471. The summed E-state index contributed by atoms with van der Waals surface area (Å²) >= 11 is 0. The van der Waals surface area contributed by atoms with Gasteiger partial charge in [-0.2, -0.15) is 5.10 Å². The van der Waals surface area contributed by atoms with Gasteiger partial charge in [0.2, 0.25) is 5.91 Å². The Morgan fingerprint density at radius 1 is 1.42 bits per heavy atom. The lowest BCUT2D eigenvalue weighted by Crippen LogP contribution is -2.46. The Bertz CT molecular complexity index is 673. The van der Waals surface area contributed by atoms with Gasteiger partial charge in [-0.05, 0) is 19.1 Å². The highest BCUT2D eigenvalue weighted by Gasteiger charge is 2.26. The van der Waals surface area contributed by atoms with Crippen molar-refractivity contribution in [3.05, 3.63) is 36.9 Å². The number of aryl methyl sites for hydroxylation is 1.